The van der Waals surface area contributed by atoms with Crippen LogP contribution >= 0.6 is 0 Å². The topological polar surface area (TPSA) is 21.3 Å². The molecule has 1 heterocycles. The molecule has 2 unspecified atom stereocenters. The van der Waals surface area contributed by atoms with Crippen LogP contribution in [0.3, 0.4) is 0 Å². The smallest absolute Gasteiger partial charge is 0.100 e. The minimum absolute atomic E-state index is 0.332. The monoisotopic (exact) mass is 201 g/mol. The third-order valence-corrected chi connectivity index (χ3v) is 3.48. The van der Waals surface area contributed by atoms with Gasteiger partial charge in [-0.2, -0.15) is 0 Å². The number of nitrogens with one attached hydrogen (secondary N) is 1. The van der Waals surface area contributed by atoms with E-state index in [0.29, 0.717) is 18.2 Å². The minimum Gasteiger partial charge on any atom is -0.377 e. The van der Waals surface area contributed by atoms with Crippen molar-refractivity contribution in [2.24, 2.45) is 0 Å². The number of alkyl halides is 1. The van der Waals surface area contributed by atoms with Gasteiger partial charge in [0, 0.05) is 18.7 Å². The summed E-state index contributed by atoms with van der Waals surface area (Å²) in [5.74, 6) is 0. The standard InChI is InChI=1S/C11H20FNO/c1-8-11(6-7-14-8)13-10-4-2-9(12)3-5-10/h8-11,13H,2-7H2,1H3. The van der Waals surface area contributed by atoms with Gasteiger partial charge in [0.1, 0.15) is 6.17 Å². The summed E-state index contributed by atoms with van der Waals surface area (Å²) in [6.07, 6.45) is 4.34. The van der Waals surface area contributed by atoms with Crippen molar-refractivity contribution < 1.29 is 9.13 Å². The average Bonchev–Trinajstić information content (AvgIpc) is 2.56. The van der Waals surface area contributed by atoms with Gasteiger partial charge in [-0.1, -0.05) is 0 Å². The Kier molecular flexibility index (Phi) is 3.39. The molecule has 1 N–H and O–H groups in total. The van der Waals surface area contributed by atoms with Crippen molar-refractivity contribution in [1.82, 2.24) is 5.32 Å². The SMILES string of the molecule is CC1OCCC1NC1CCC(F)CC1. The lowest BCUT2D eigenvalue weighted by molar-refractivity contribution is 0.107. The van der Waals surface area contributed by atoms with Crippen molar-refractivity contribution in [1.29, 1.82) is 0 Å². The summed E-state index contributed by atoms with van der Waals surface area (Å²) in [5.41, 5.74) is 0. The summed E-state index contributed by atoms with van der Waals surface area (Å²) in [7, 11) is 0. The molecule has 1 aliphatic heterocycles. The molecule has 2 atom stereocenters. The second kappa shape index (κ2) is 4.58. The predicted octanol–water partition coefficient (Wildman–Crippen LogP) is 2.03. The molecule has 0 aromatic rings. The molecule has 2 fully saturated rings. The molecule has 0 bridgehead atoms. The summed E-state index contributed by atoms with van der Waals surface area (Å²) >= 11 is 0. The molecule has 2 aliphatic rings. The lowest BCUT2D eigenvalue weighted by Crippen LogP contribution is -2.43. The van der Waals surface area contributed by atoms with E-state index >= 15 is 0 Å². The van der Waals surface area contributed by atoms with Crippen LogP contribution in [0.15, 0.2) is 0 Å². The summed E-state index contributed by atoms with van der Waals surface area (Å²) in [4.78, 5) is 0. The van der Waals surface area contributed by atoms with E-state index < -0.39 is 6.17 Å². The van der Waals surface area contributed by atoms with E-state index in [4.69, 9.17) is 4.74 Å². The van der Waals surface area contributed by atoms with Gasteiger partial charge in [-0.25, -0.2) is 4.39 Å². The van der Waals surface area contributed by atoms with Gasteiger partial charge in [0.2, 0.25) is 0 Å². The second-order valence-corrected chi connectivity index (χ2v) is 4.59. The Balaban J connectivity index is 1.74. The Hall–Kier alpha value is -0.150. The summed E-state index contributed by atoms with van der Waals surface area (Å²) in [6.45, 7) is 2.99. The Morgan fingerprint density at radius 3 is 2.43 bits per heavy atom. The van der Waals surface area contributed by atoms with Crippen LogP contribution in [0, 0.1) is 0 Å². The van der Waals surface area contributed by atoms with Crippen LogP contribution in [0.4, 0.5) is 4.39 Å². The number of hydrogen-bond donors (Lipinski definition) is 1. The number of hydrogen-bond acceptors (Lipinski definition) is 2. The zero-order valence-corrected chi connectivity index (χ0v) is 8.84. The van der Waals surface area contributed by atoms with Gasteiger partial charge in [-0.3, -0.25) is 0 Å². The van der Waals surface area contributed by atoms with Crippen molar-refractivity contribution in [2.75, 3.05) is 6.61 Å². The normalized spacial score (nSPS) is 44.1. The molecule has 0 spiro atoms. The molecule has 0 amide bonds. The Bertz CT molecular complexity index is 180. The highest BCUT2D eigenvalue weighted by molar-refractivity contribution is 4.85. The van der Waals surface area contributed by atoms with Crippen LogP contribution in [0.1, 0.15) is 39.0 Å². The average molecular weight is 201 g/mol. The zero-order chi connectivity index (χ0) is 9.97. The van der Waals surface area contributed by atoms with Crippen molar-refractivity contribution >= 4 is 0 Å². The lowest BCUT2D eigenvalue weighted by Gasteiger charge is -2.29. The van der Waals surface area contributed by atoms with Crippen molar-refractivity contribution in [2.45, 2.75) is 63.4 Å². The van der Waals surface area contributed by atoms with Crippen LogP contribution in [0.25, 0.3) is 0 Å². The lowest BCUT2D eigenvalue weighted by atomic mass is 9.93. The molecular formula is C11H20FNO. The quantitative estimate of drug-likeness (QED) is 0.738. The van der Waals surface area contributed by atoms with Gasteiger partial charge in [0.15, 0.2) is 0 Å². The van der Waals surface area contributed by atoms with Gasteiger partial charge in [-0.05, 0) is 39.0 Å². The first kappa shape index (κ1) is 10.4. The molecule has 0 aromatic carbocycles. The molecule has 1 saturated carbocycles. The first-order valence-corrected chi connectivity index (χ1v) is 5.77. The van der Waals surface area contributed by atoms with E-state index in [1.165, 1.54) is 0 Å². The fourth-order valence-electron chi connectivity index (χ4n) is 2.47. The Morgan fingerprint density at radius 2 is 1.86 bits per heavy atom. The highest BCUT2D eigenvalue weighted by Gasteiger charge is 2.28. The number of rotatable bonds is 2. The molecule has 82 valence electrons. The molecule has 2 nitrogen and oxygen atoms in total. The van der Waals surface area contributed by atoms with Crippen LogP contribution in [0.5, 0.6) is 0 Å². The van der Waals surface area contributed by atoms with Crippen LogP contribution < -0.4 is 5.32 Å². The number of halogens is 1. The van der Waals surface area contributed by atoms with Crippen molar-refractivity contribution in [3.8, 4) is 0 Å². The molecule has 3 heteroatoms. The Morgan fingerprint density at radius 1 is 1.14 bits per heavy atom. The van der Waals surface area contributed by atoms with Crippen LogP contribution in [-0.4, -0.2) is 31.0 Å². The third kappa shape index (κ3) is 2.45. The van der Waals surface area contributed by atoms with E-state index in [0.717, 1.165) is 38.7 Å². The van der Waals surface area contributed by atoms with Gasteiger partial charge < -0.3 is 10.1 Å². The maximum absolute atomic E-state index is 12.9. The fourth-order valence-corrected chi connectivity index (χ4v) is 2.47. The van der Waals surface area contributed by atoms with E-state index in [1.807, 2.05) is 0 Å². The number of ether oxygens (including phenoxy) is 1. The molecule has 0 radical (unpaired) electrons. The minimum atomic E-state index is -0.551. The molecular weight excluding hydrogens is 181 g/mol. The highest BCUT2D eigenvalue weighted by atomic mass is 19.1. The first-order valence-electron chi connectivity index (χ1n) is 5.77. The first-order chi connectivity index (χ1) is 6.75. The maximum Gasteiger partial charge on any atom is 0.100 e. The molecule has 0 aromatic heterocycles. The van der Waals surface area contributed by atoms with Crippen molar-refractivity contribution in [3.05, 3.63) is 0 Å². The zero-order valence-electron chi connectivity index (χ0n) is 8.84. The highest BCUT2D eigenvalue weighted by Crippen LogP contribution is 2.23. The Labute approximate surface area is 85.2 Å². The van der Waals surface area contributed by atoms with Crippen LogP contribution in [-0.2, 0) is 4.74 Å². The van der Waals surface area contributed by atoms with Gasteiger partial charge in [0.05, 0.1) is 6.10 Å². The molecule has 14 heavy (non-hydrogen) atoms. The largest absolute Gasteiger partial charge is 0.377 e. The van der Waals surface area contributed by atoms with E-state index in [-0.39, 0.29) is 0 Å². The van der Waals surface area contributed by atoms with E-state index in [9.17, 15) is 4.39 Å². The summed E-state index contributed by atoms with van der Waals surface area (Å²) in [5, 5.41) is 3.60. The molecule has 1 aliphatic carbocycles. The maximum atomic E-state index is 12.9. The fraction of sp³-hybridized carbons (Fsp3) is 1.00. The summed E-state index contributed by atoms with van der Waals surface area (Å²) in [6, 6.07) is 1.02. The predicted molar refractivity (Wildman–Crippen MR) is 54.1 cm³/mol. The van der Waals surface area contributed by atoms with Gasteiger partial charge >= 0.3 is 0 Å². The second-order valence-electron chi connectivity index (χ2n) is 4.59. The van der Waals surface area contributed by atoms with Crippen LogP contribution in [0.2, 0.25) is 0 Å². The van der Waals surface area contributed by atoms with E-state index in [1.54, 1.807) is 0 Å². The van der Waals surface area contributed by atoms with E-state index in [2.05, 4.69) is 12.2 Å². The molecule has 2 rings (SSSR count). The third-order valence-electron chi connectivity index (χ3n) is 3.48. The van der Waals surface area contributed by atoms with Crippen molar-refractivity contribution in [3.63, 3.8) is 0 Å². The molecule has 1 saturated heterocycles. The summed E-state index contributed by atoms with van der Waals surface area (Å²) < 4.78 is 18.4. The van der Waals surface area contributed by atoms with Gasteiger partial charge in [-0.15, -0.1) is 0 Å². The van der Waals surface area contributed by atoms with Gasteiger partial charge in [0.25, 0.3) is 0 Å².